The highest BCUT2D eigenvalue weighted by atomic mass is 16.5. The lowest BCUT2D eigenvalue weighted by atomic mass is 10.1. The number of nitrogens with one attached hydrogen (secondary N) is 1. The Morgan fingerprint density at radius 2 is 1.76 bits per heavy atom. The van der Waals surface area contributed by atoms with Crippen LogP contribution in [0.5, 0.6) is 5.75 Å². The number of benzene rings is 2. The monoisotopic (exact) mass is 385 g/mol. The Balaban J connectivity index is 1.26. The lowest BCUT2D eigenvalue weighted by molar-refractivity contribution is -0.123. The normalized spacial score (nSPS) is 10.5. The summed E-state index contributed by atoms with van der Waals surface area (Å²) in [5.41, 5.74) is 3.68. The maximum Gasteiger partial charge on any atom is 0.258 e. The first-order valence-electron chi connectivity index (χ1n) is 9.14. The first kappa shape index (κ1) is 18.4. The van der Waals surface area contributed by atoms with Crippen LogP contribution in [0, 0.1) is 0 Å². The molecular formula is C22H19N5O2. The first-order valence-corrected chi connectivity index (χ1v) is 9.14. The zero-order chi connectivity index (χ0) is 19.9. The van der Waals surface area contributed by atoms with Crippen molar-refractivity contribution in [3.63, 3.8) is 0 Å². The van der Waals surface area contributed by atoms with E-state index in [9.17, 15) is 4.79 Å². The van der Waals surface area contributed by atoms with E-state index >= 15 is 0 Å². The molecule has 0 saturated heterocycles. The van der Waals surface area contributed by atoms with Crippen LogP contribution in [0.4, 0.5) is 0 Å². The van der Waals surface area contributed by atoms with Crippen molar-refractivity contribution in [1.29, 1.82) is 0 Å². The highest BCUT2D eigenvalue weighted by molar-refractivity contribution is 5.77. The van der Waals surface area contributed by atoms with Crippen molar-refractivity contribution in [3.05, 3.63) is 91.0 Å². The average molecular weight is 385 g/mol. The number of hydrogen-bond donors (Lipinski definition) is 1. The minimum absolute atomic E-state index is 0.0680. The summed E-state index contributed by atoms with van der Waals surface area (Å²) in [4.78, 5) is 16.1. The fourth-order valence-electron chi connectivity index (χ4n) is 2.76. The van der Waals surface area contributed by atoms with Gasteiger partial charge in [0.2, 0.25) is 0 Å². The van der Waals surface area contributed by atoms with Gasteiger partial charge in [0, 0.05) is 6.20 Å². The van der Waals surface area contributed by atoms with E-state index in [0.717, 1.165) is 16.8 Å². The lowest BCUT2D eigenvalue weighted by Crippen LogP contribution is -2.28. The van der Waals surface area contributed by atoms with E-state index in [4.69, 9.17) is 4.74 Å². The topological polar surface area (TPSA) is 81.9 Å². The fourth-order valence-corrected chi connectivity index (χ4v) is 2.76. The summed E-state index contributed by atoms with van der Waals surface area (Å²) in [5, 5.41) is 10.9. The summed E-state index contributed by atoms with van der Waals surface area (Å²) in [6, 6.07) is 21.4. The fraction of sp³-hybridized carbons (Fsp3) is 0.0909. The molecule has 4 aromatic rings. The SMILES string of the molecule is O=C(COc1ccc(-c2ccccc2)cc1)NCc1cn(-c2cccnc2)nn1. The van der Waals surface area contributed by atoms with Gasteiger partial charge in [-0.25, -0.2) is 4.68 Å². The van der Waals surface area contributed by atoms with Crippen LogP contribution in [0.1, 0.15) is 5.69 Å². The van der Waals surface area contributed by atoms with Gasteiger partial charge < -0.3 is 10.1 Å². The second kappa shape index (κ2) is 8.79. The van der Waals surface area contributed by atoms with E-state index in [1.165, 1.54) is 0 Å². The standard InChI is InChI=1S/C22H19N5O2/c28-22(24-13-19-15-27(26-25-19)20-7-4-12-23-14-20)16-29-21-10-8-18(9-11-21)17-5-2-1-3-6-17/h1-12,14-15H,13,16H2,(H,24,28). The van der Waals surface area contributed by atoms with Crippen molar-refractivity contribution >= 4 is 5.91 Å². The Hall–Kier alpha value is -4.00. The van der Waals surface area contributed by atoms with Crippen LogP contribution >= 0.6 is 0 Å². The molecule has 144 valence electrons. The van der Waals surface area contributed by atoms with Crippen LogP contribution in [0.2, 0.25) is 0 Å². The number of hydrogen-bond acceptors (Lipinski definition) is 5. The smallest absolute Gasteiger partial charge is 0.258 e. The zero-order valence-corrected chi connectivity index (χ0v) is 15.6. The highest BCUT2D eigenvalue weighted by Crippen LogP contribution is 2.21. The van der Waals surface area contributed by atoms with Crippen LogP contribution < -0.4 is 10.1 Å². The Kier molecular flexibility index (Phi) is 5.57. The van der Waals surface area contributed by atoms with Crippen LogP contribution in [0.3, 0.4) is 0 Å². The Bertz CT molecular complexity index is 1060. The van der Waals surface area contributed by atoms with Gasteiger partial charge in [0.25, 0.3) is 5.91 Å². The predicted octanol–water partition coefficient (Wildman–Crippen LogP) is 3.02. The maximum atomic E-state index is 12.1. The zero-order valence-electron chi connectivity index (χ0n) is 15.6. The molecule has 0 spiro atoms. The summed E-state index contributed by atoms with van der Waals surface area (Å²) in [7, 11) is 0. The third-order valence-electron chi connectivity index (χ3n) is 4.25. The van der Waals surface area contributed by atoms with Gasteiger partial charge >= 0.3 is 0 Å². The van der Waals surface area contributed by atoms with E-state index in [1.54, 1.807) is 23.3 Å². The summed E-state index contributed by atoms with van der Waals surface area (Å²) >= 11 is 0. The third kappa shape index (κ3) is 4.84. The predicted molar refractivity (Wildman–Crippen MR) is 108 cm³/mol. The number of ether oxygens (including phenoxy) is 1. The first-order chi connectivity index (χ1) is 14.3. The molecule has 0 fully saturated rings. The number of rotatable bonds is 7. The van der Waals surface area contributed by atoms with Crippen LogP contribution in [-0.4, -0.2) is 32.5 Å². The van der Waals surface area contributed by atoms with Gasteiger partial charge in [-0.15, -0.1) is 5.10 Å². The molecule has 29 heavy (non-hydrogen) atoms. The number of pyridine rings is 1. The molecular weight excluding hydrogens is 366 g/mol. The molecule has 0 aliphatic carbocycles. The maximum absolute atomic E-state index is 12.1. The number of aromatic nitrogens is 4. The summed E-state index contributed by atoms with van der Waals surface area (Å²) < 4.78 is 7.17. The highest BCUT2D eigenvalue weighted by Gasteiger charge is 2.07. The van der Waals surface area contributed by atoms with E-state index < -0.39 is 0 Å². The van der Waals surface area contributed by atoms with Gasteiger partial charge in [-0.05, 0) is 35.4 Å². The molecule has 2 heterocycles. The van der Waals surface area contributed by atoms with Crippen LogP contribution in [0.25, 0.3) is 16.8 Å². The molecule has 1 amide bonds. The van der Waals surface area contributed by atoms with Crippen LogP contribution in [0.15, 0.2) is 85.3 Å². The summed E-state index contributed by atoms with van der Waals surface area (Å²) in [6.45, 7) is 0.205. The van der Waals surface area contributed by atoms with E-state index in [2.05, 4.69) is 20.6 Å². The van der Waals surface area contributed by atoms with Crippen molar-refractivity contribution in [3.8, 4) is 22.6 Å². The van der Waals surface area contributed by atoms with Crippen molar-refractivity contribution in [2.75, 3.05) is 6.61 Å². The molecule has 0 saturated carbocycles. The van der Waals surface area contributed by atoms with E-state index in [-0.39, 0.29) is 19.1 Å². The summed E-state index contributed by atoms with van der Waals surface area (Å²) in [6.07, 6.45) is 5.13. The molecule has 7 heteroatoms. The van der Waals surface area contributed by atoms with Gasteiger partial charge in [0.1, 0.15) is 11.4 Å². The molecule has 0 atom stereocenters. The third-order valence-corrected chi connectivity index (χ3v) is 4.25. The van der Waals surface area contributed by atoms with E-state index in [1.807, 2.05) is 66.7 Å². The Labute approximate surface area is 168 Å². The second-order valence-corrected chi connectivity index (χ2v) is 6.32. The van der Waals surface area contributed by atoms with E-state index in [0.29, 0.717) is 11.4 Å². The Morgan fingerprint density at radius 3 is 2.52 bits per heavy atom. The second-order valence-electron chi connectivity index (χ2n) is 6.32. The van der Waals surface area contributed by atoms with Crippen molar-refractivity contribution in [2.45, 2.75) is 6.54 Å². The molecule has 0 aliphatic rings. The van der Waals surface area contributed by atoms with Crippen molar-refractivity contribution in [2.24, 2.45) is 0 Å². The minimum Gasteiger partial charge on any atom is -0.484 e. The molecule has 0 aliphatic heterocycles. The van der Waals surface area contributed by atoms with Gasteiger partial charge in [0.05, 0.1) is 24.6 Å². The molecule has 4 rings (SSSR count). The number of carbonyl (C=O) groups excluding carboxylic acids is 1. The van der Waals surface area contributed by atoms with Crippen LogP contribution in [-0.2, 0) is 11.3 Å². The molecule has 0 radical (unpaired) electrons. The summed E-state index contributed by atoms with van der Waals surface area (Å²) in [5.74, 6) is 0.412. The number of carbonyl (C=O) groups is 1. The van der Waals surface area contributed by atoms with Gasteiger partial charge in [0.15, 0.2) is 6.61 Å². The molecule has 0 bridgehead atoms. The molecule has 0 unspecified atom stereocenters. The van der Waals surface area contributed by atoms with Crippen molar-refractivity contribution < 1.29 is 9.53 Å². The molecule has 2 aromatic heterocycles. The average Bonchev–Trinajstić information content (AvgIpc) is 3.27. The molecule has 2 aromatic carbocycles. The van der Waals surface area contributed by atoms with Gasteiger partial charge in [-0.3, -0.25) is 9.78 Å². The number of nitrogens with zero attached hydrogens (tertiary/aromatic N) is 4. The van der Waals surface area contributed by atoms with Crippen molar-refractivity contribution in [1.82, 2.24) is 25.3 Å². The number of amides is 1. The van der Waals surface area contributed by atoms with Gasteiger partial charge in [-0.2, -0.15) is 0 Å². The lowest BCUT2D eigenvalue weighted by Gasteiger charge is -2.07. The minimum atomic E-state index is -0.229. The van der Waals surface area contributed by atoms with Gasteiger partial charge in [-0.1, -0.05) is 47.7 Å². The molecule has 1 N–H and O–H groups in total. The largest absolute Gasteiger partial charge is 0.484 e. The Morgan fingerprint density at radius 1 is 0.966 bits per heavy atom. The quantitative estimate of drug-likeness (QED) is 0.529. The molecule has 7 nitrogen and oxygen atoms in total.